The summed E-state index contributed by atoms with van der Waals surface area (Å²) in [4.78, 5) is 25.8. The second-order valence-electron chi connectivity index (χ2n) is 10.0. The first-order chi connectivity index (χ1) is 11.7. The van der Waals surface area contributed by atoms with E-state index in [0.717, 1.165) is 49.9 Å². The molecule has 1 aliphatic heterocycles. The Morgan fingerprint density at radius 2 is 1.92 bits per heavy atom. The molecule has 0 spiro atoms. The van der Waals surface area contributed by atoms with Gasteiger partial charge in [0.25, 0.3) is 0 Å². The number of nitrogens with zero attached hydrogens (tertiary/aromatic N) is 1. The van der Waals surface area contributed by atoms with E-state index < -0.39 is 0 Å². The molecule has 0 radical (unpaired) electrons. The standard InChI is InChI=1S/C21H34N2O2/c1-13(24)22-14-11-17-15-5-6-18-21(3,10-8-19(25)23(18)4)16(15)7-9-20(17,2)12-14/h14-18H,5-12H2,1-4H3,(H,22,24)/t14-,15+,16-,17-,18+,20+,21+/m0/s1. The molecular weight excluding hydrogens is 312 g/mol. The molecule has 7 atom stereocenters. The number of amides is 2. The van der Waals surface area contributed by atoms with Gasteiger partial charge in [0.15, 0.2) is 0 Å². The number of carbonyl (C=O) groups excluding carboxylic acids is 2. The highest BCUT2D eigenvalue weighted by Crippen LogP contribution is 2.64. The molecule has 4 fully saturated rings. The van der Waals surface area contributed by atoms with Crippen molar-refractivity contribution in [2.75, 3.05) is 7.05 Å². The highest BCUT2D eigenvalue weighted by Gasteiger charge is 2.60. The first kappa shape index (κ1) is 17.4. The molecule has 140 valence electrons. The zero-order valence-electron chi connectivity index (χ0n) is 16.3. The van der Waals surface area contributed by atoms with Gasteiger partial charge in [-0.05, 0) is 73.5 Å². The molecule has 4 aliphatic rings. The average molecular weight is 347 g/mol. The van der Waals surface area contributed by atoms with Crippen molar-refractivity contribution in [3.05, 3.63) is 0 Å². The molecule has 0 unspecified atom stereocenters. The number of piperidine rings is 1. The molecule has 1 N–H and O–H groups in total. The third-order valence-corrected chi connectivity index (χ3v) is 8.73. The van der Waals surface area contributed by atoms with E-state index in [9.17, 15) is 9.59 Å². The summed E-state index contributed by atoms with van der Waals surface area (Å²) in [6.07, 6.45) is 9.12. The van der Waals surface area contributed by atoms with Gasteiger partial charge in [-0.3, -0.25) is 9.59 Å². The van der Waals surface area contributed by atoms with Crippen molar-refractivity contribution in [2.45, 2.75) is 84.2 Å². The third-order valence-electron chi connectivity index (χ3n) is 8.73. The molecule has 2 amide bonds. The van der Waals surface area contributed by atoms with Crippen molar-refractivity contribution in [3.8, 4) is 0 Å². The van der Waals surface area contributed by atoms with E-state index >= 15 is 0 Å². The fourth-order valence-electron chi connectivity index (χ4n) is 7.61. The van der Waals surface area contributed by atoms with Crippen LogP contribution in [0.15, 0.2) is 0 Å². The summed E-state index contributed by atoms with van der Waals surface area (Å²) < 4.78 is 0. The lowest BCUT2D eigenvalue weighted by molar-refractivity contribution is -0.156. The molecule has 1 heterocycles. The first-order valence-electron chi connectivity index (χ1n) is 10.3. The predicted molar refractivity (Wildman–Crippen MR) is 97.8 cm³/mol. The number of rotatable bonds is 1. The summed E-state index contributed by atoms with van der Waals surface area (Å²) in [5, 5.41) is 3.21. The molecule has 4 heteroatoms. The van der Waals surface area contributed by atoms with Crippen molar-refractivity contribution in [3.63, 3.8) is 0 Å². The number of hydrogen-bond donors (Lipinski definition) is 1. The topological polar surface area (TPSA) is 49.4 Å². The molecule has 25 heavy (non-hydrogen) atoms. The van der Waals surface area contributed by atoms with Crippen LogP contribution in [0.25, 0.3) is 0 Å². The van der Waals surface area contributed by atoms with E-state index in [4.69, 9.17) is 0 Å². The molecular formula is C21H34N2O2. The van der Waals surface area contributed by atoms with E-state index in [1.165, 1.54) is 19.3 Å². The number of hydrogen-bond acceptors (Lipinski definition) is 2. The van der Waals surface area contributed by atoms with Crippen molar-refractivity contribution >= 4 is 11.8 Å². The molecule has 0 bridgehead atoms. The Morgan fingerprint density at radius 1 is 1.16 bits per heavy atom. The molecule has 0 aromatic carbocycles. The molecule has 3 saturated carbocycles. The average Bonchev–Trinajstić information content (AvgIpc) is 2.86. The van der Waals surface area contributed by atoms with Crippen LogP contribution >= 0.6 is 0 Å². The Morgan fingerprint density at radius 3 is 2.64 bits per heavy atom. The van der Waals surface area contributed by atoms with Crippen LogP contribution in [0.4, 0.5) is 0 Å². The SMILES string of the molecule is CC(=O)N[C@H]1C[C@H]2[C@@H]3CC[C@H]4N(C)C(=O)CC[C@]4(C)[C@H]3CC[C@]2(C)C1. The smallest absolute Gasteiger partial charge is 0.222 e. The largest absolute Gasteiger partial charge is 0.354 e. The summed E-state index contributed by atoms with van der Waals surface area (Å²) >= 11 is 0. The van der Waals surface area contributed by atoms with Gasteiger partial charge in [-0.1, -0.05) is 13.8 Å². The van der Waals surface area contributed by atoms with E-state index in [-0.39, 0.29) is 5.91 Å². The van der Waals surface area contributed by atoms with Crippen LogP contribution in [-0.4, -0.2) is 35.8 Å². The molecule has 3 aliphatic carbocycles. The van der Waals surface area contributed by atoms with Crippen LogP contribution in [0, 0.1) is 28.6 Å². The van der Waals surface area contributed by atoms with Gasteiger partial charge in [-0.25, -0.2) is 0 Å². The van der Waals surface area contributed by atoms with Crippen LogP contribution in [0.5, 0.6) is 0 Å². The lowest BCUT2D eigenvalue weighted by atomic mass is 9.47. The molecule has 4 nitrogen and oxygen atoms in total. The highest BCUT2D eigenvalue weighted by molar-refractivity contribution is 5.77. The van der Waals surface area contributed by atoms with Gasteiger partial charge >= 0.3 is 0 Å². The molecule has 1 saturated heterocycles. The zero-order valence-corrected chi connectivity index (χ0v) is 16.3. The van der Waals surface area contributed by atoms with Crippen LogP contribution in [0.3, 0.4) is 0 Å². The van der Waals surface area contributed by atoms with E-state index in [1.807, 2.05) is 7.05 Å². The lowest BCUT2D eigenvalue weighted by Crippen LogP contribution is -2.61. The van der Waals surface area contributed by atoms with Crippen LogP contribution in [0.1, 0.15) is 72.1 Å². The van der Waals surface area contributed by atoms with Crippen LogP contribution < -0.4 is 5.32 Å². The maximum atomic E-state index is 12.2. The van der Waals surface area contributed by atoms with Gasteiger partial charge in [0.05, 0.1) is 0 Å². The summed E-state index contributed by atoms with van der Waals surface area (Å²) in [6, 6.07) is 0.805. The Bertz CT molecular complexity index is 590. The Labute approximate surface area is 152 Å². The summed E-state index contributed by atoms with van der Waals surface area (Å²) in [6.45, 7) is 6.59. The normalized spacial score (nSPS) is 49.2. The third kappa shape index (κ3) is 2.54. The molecule has 0 aromatic rings. The molecule has 4 rings (SSSR count). The zero-order chi connectivity index (χ0) is 18.0. The maximum absolute atomic E-state index is 12.2. The number of likely N-dealkylation sites (tertiary alicyclic amines) is 1. The number of nitrogens with one attached hydrogen (secondary N) is 1. The summed E-state index contributed by atoms with van der Waals surface area (Å²) in [7, 11) is 2.03. The fraction of sp³-hybridized carbons (Fsp3) is 0.905. The second-order valence-corrected chi connectivity index (χ2v) is 10.0. The van der Waals surface area contributed by atoms with E-state index in [1.54, 1.807) is 6.92 Å². The van der Waals surface area contributed by atoms with Gasteiger partial charge < -0.3 is 10.2 Å². The van der Waals surface area contributed by atoms with Gasteiger partial charge in [0.2, 0.25) is 11.8 Å². The Kier molecular flexibility index (Phi) is 3.97. The minimum absolute atomic E-state index is 0.117. The van der Waals surface area contributed by atoms with Crippen molar-refractivity contribution in [1.82, 2.24) is 10.2 Å². The minimum Gasteiger partial charge on any atom is -0.354 e. The second kappa shape index (κ2) is 5.72. The molecule has 0 aromatic heterocycles. The minimum atomic E-state index is 0.117. The van der Waals surface area contributed by atoms with E-state index in [2.05, 4.69) is 24.1 Å². The van der Waals surface area contributed by atoms with Gasteiger partial charge in [-0.2, -0.15) is 0 Å². The van der Waals surface area contributed by atoms with Crippen LogP contribution in [-0.2, 0) is 9.59 Å². The highest BCUT2D eigenvalue weighted by atomic mass is 16.2. The monoisotopic (exact) mass is 346 g/mol. The quantitative estimate of drug-likeness (QED) is 0.791. The van der Waals surface area contributed by atoms with Crippen molar-refractivity contribution in [2.24, 2.45) is 28.6 Å². The Balaban J connectivity index is 1.59. The maximum Gasteiger partial charge on any atom is 0.222 e. The first-order valence-corrected chi connectivity index (χ1v) is 10.3. The summed E-state index contributed by atoms with van der Waals surface area (Å²) in [5.74, 6) is 2.72. The Hall–Kier alpha value is -1.06. The fourth-order valence-corrected chi connectivity index (χ4v) is 7.61. The van der Waals surface area contributed by atoms with Crippen molar-refractivity contribution < 1.29 is 9.59 Å². The van der Waals surface area contributed by atoms with Gasteiger partial charge in [-0.15, -0.1) is 0 Å². The predicted octanol–water partition coefficient (Wildman–Crippen LogP) is 3.35. The number of carbonyl (C=O) groups is 2. The van der Waals surface area contributed by atoms with E-state index in [0.29, 0.717) is 28.8 Å². The summed E-state index contributed by atoms with van der Waals surface area (Å²) in [5.41, 5.74) is 0.687. The van der Waals surface area contributed by atoms with Crippen LogP contribution in [0.2, 0.25) is 0 Å². The van der Waals surface area contributed by atoms with Gasteiger partial charge in [0.1, 0.15) is 0 Å². The van der Waals surface area contributed by atoms with Gasteiger partial charge in [0, 0.05) is 32.5 Å². The van der Waals surface area contributed by atoms with Crippen molar-refractivity contribution in [1.29, 1.82) is 0 Å². The lowest BCUT2D eigenvalue weighted by Gasteiger charge is -2.61. The number of fused-ring (bicyclic) bond motifs is 5.